The Morgan fingerprint density at radius 1 is 1.10 bits per heavy atom. The van der Waals surface area contributed by atoms with Crippen molar-refractivity contribution < 1.29 is 4.79 Å². The Bertz CT molecular complexity index is 1040. The Kier molecular flexibility index (Phi) is 5.72. The molecule has 0 aliphatic carbocycles. The summed E-state index contributed by atoms with van der Waals surface area (Å²) < 4.78 is 2.76. The van der Waals surface area contributed by atoms with Crippen LogP contribution in [-0.2, 0) is 0 Å². The molecule has 0 aromatic carbocycles. The van der Waals surface area contributed by atoms with E-state index in [1.165, 1.54) is 12.6 Å². The van der Waals surface area contributed by atoms with Crippen LogP contribution in [0.25, 0.3) is 0 Å². The SMILES string of the molecule is CC(c1cnc(N2CCC2)nc1)n1cc(NC(=O)c2cnc[c]([Sn]([CH3])([CH3])[CH3])n2)cn1. The molecule has 9 nitrogen and oxygen atoms in total. The standard InChI is InChI=1S/C17H17N8O.3CH3.Sn/c1-12(13-7-20-17(21-8-13)24-5-2-6-24)25-11-14(9-22-25)23-16(26)15-10-18-3-4-19-15;;;;/h3,7-12H,2,5-6H2,1H3,(H,23,26);3*1H3;. The van der Waals surface area contributed by atoms with Crippen LogP contribution in [0.2, 0.25) is 14.8 Å². The number of carbonyl (C=O) groups is 1. The molecule has 156 valence electrons. The van der Waals surface area contributed by atoms with Crippen molar-refractivity contribution in [3.05, 3.63) is 48.4 Å². The number of nitrogens with one attached hydrogen (secondary N) is 1. The molecule has 1 aliphatic rings. The van der Waals surface area contributed by atoms with Crippen LogP contribution >= 0.6 is 0 Å². The molecule has 1 atom stereocenters. The predicted octanol–water partition coefficient (Wildman–Crippen LogP) is 2.08. The Hall–Kier alpha value is -2.56. The van der Waals surface area contributed by atoms with Crippen LogP contribution in [0.1, 0.15) is 35.4 Å². The van der Waals surface area contributed by atoms with Gasteiger partial charge in [0.2, 0.25) is 5.95 Å². The van der Waals surface area contributed by atoms with Crippen LogP contribution in [0.5, 0.6) is 0 Å². The summed E-state index contributed by atoms with van der Waals surface area (Å²) in [5.41, 5.74) is 1.89. The Balaban J connectivity index is 1.44. The number of aromatic nitrogens is 6. The first kappa shape index (κ1) is 20.7. The summed E-state index contributed by atoms with van der Waals surface area (Å²) in [6, 6.07) is -0.0563. The molecule has 1 fully saturated rings. The fourth-order valence-electron chi connectivity index (χ4n) is 3.03. The van der Waals surface area contributed by atoms with Crippen LogP contribution in [0.3, 0.4) is 0 Å². The molecule has 4 rings (SSSR count). The van der Waals surface area contributed by atoms with Crippen LogP contribution < -0.4 is 13.9 Å². The topological polar surface area (TPSA) is 102 Å². The van der Waals surface area contributed by atoms with Gasteiger partial charge in [0.05, 0.1) is 0 Å². The van der Waals surface area contributed by atoms with Gasteiger partial charge >= 0.3 is 150 Å². The van der Waals surface area contributed by atoms with Crippen molar-refractivity contribution >= 4 is 39.6 Å². The summed E-state index contributed by atoms with van der Waals surface area (Å²) in [5.74, 6) is 0.489. The van der Waals surface area contributed by atoms with Crippen molar-refractivity contribution in [2.24, 2.45) is 0 Å². The molecule has 30 heavy (non-hydrogen) atoms. The molecule has 0 radical (unpaired) electrons. The molecule has 0 saturated carbocycles. The number of carbonyl (C=O) groups excluding carboxylic acids is 1. The quantitative estimate of drug-likeness (QED) is 0.504. The van der Waals surface area contributed by atoms with Gasteiger partial charge in [-0.25, -0.2) is 0 Å². The molecular formula is C20H26N8OSn. The van der Waals surface area contributed by atoms with Gasteiger partial charge in [0.15, 0.2) is 0 Å². The van der Waals surface area contributed by atoms with Gasteiger partial charge in [-0.3, -0.25) is 0 Å². The van der Waals surface area contributed by atoms with Crippen LogP contribution in [0.4, 0.5) is 11.6 Å². The molecule has 1 unspecified atom stereocenters. The summed E-state index contributed by atoms with van der Waals surface area (Å²) in [5, 5.41) is 7.25. The average Bonchev–Trinajstić information content (AvgIpc) is 3.14. The van der Waals surface area contributed by atoms with Crippen molar-refractivity contribution in [2.45, 2.75) is 34.2 Å². The average molecular weight is 513 g/mol. The molecular weight excluding hydrogens is 487 g/mol. The zero-order valence-electron chi connectivity index (χ0n) is 17.7. The second-order valence-corrected chi connectivity index (χ2v) is 22.8. The summed E-state index contributed by atoms with van der Waals surface area (Å²) in [6.45, 7) is 4.05. The Labute approximate surface area is 179 Å². The van der Waals surface area contributed by atoms with E-state index in [-0.39, 0.29) is 11.9 Å². The van der Waals surface area contributed by atoms with Crippen molar-refractivity contribution in [1.29, 1.82) is 0 Å². The number of hydrogen-bond acceptors (Lipinski definition) is 7. The molecule has 1 saturated heterocycles. The number of amides is 1. The molecule has 1 amide bonds. The van der Waals surface area contributed by atoms with Gasteiger partial charge in [0.25, 0.3) is 0 Å². The first-order chi connectivity index (χ1) is 14.3. The van der Waals surface area contributed by atoms with E-state index in [2.05, 4.69) is 50.1 Å². The van der Waals surface area contributed by atoms with Gasteiger partial charge in [-0.15, -0.1) is 0 Å². The van der Waals surface area contributed by atoms with Crippen molar-refractivity contribution in [1.82, 2.24) is 29.7 Å². The molecule has 4 heterocycles. The van der Waals surface area contributed by atoms with E-state index in [0.29, 0.717) is 11.4 Å². The second kappa shape index (κ2) is 8.29. The third-order valence-corrected chi connectivity index (χ3v) is 10.2. The van der Waals surface area contributed by atoms with Crippen LogP contribution in [0, 0.1) is 0 Å². The number of hydrogen-bond donors (Lipinski definition) is 1. The Morgan fingerprint density at radius 2 is 1.83 bits per heavy atom. The van der Waals surface area contributed by atoms with E-state index in [1.807, 2.05) is 19.3 Å². The van der Waals surface area contributed by atoms with Crippen molar-refractivity contribution in [3.8, 4) is 0 Å². The summed E-state index contributed by atoms with van der Waals surface area (Å²) in [6.07, 6.45) is 11.6. The third-order valence-electron chi connectivity index (χ3n) is 5.17. The molecule has 0 spiro atoms. The summed E-state index contributed by atoms with van der Waals surface area (Å²) in [4.78, 5) is 39.2. The summed E-state index contributed by atoms with van der Waals surface area (Å²) in [7, 11) is 0. The first-order valence-corrected chi connectivity index (χ1v) is 20.0. The van der Waals surface area contributed by atoms with Gasteiger partial charge in [0.1, 0.15) is 0 Å². The minimum absolute atomic E-state index is 0.0563. The second-order valence-electron chi connectivity index (χ2n) is 8.54. The van der Waals surface area contributed by atoms with E-state index < -0.39 is 18.4 Å². The minimum atomic E-state index is -2.39. The fourth-order valence-corrected chi connectivity index (χ4v) is 5.64. The molecule has 3 aromatic heterocycles. The maximum absolute atomic E-state index is 12.6. The van der Waals surface area contributed by atoms with Gasteiger partial charge in [-0.05, 0) is 6.42 Å². The fraction of sp³-hybridized carbons (Fsp3) is 0.400. The summed E-state index contributed by atoms with van der Waals surface area (Å²) >= 11 is -2.39. The van der Waals surface area contributed by atoms with Crippen molar-refractivity contribution in [3.63, 3.8) is 0 Å². The van der Waals surface area contributed by atoms with E-state index in [9.17, 15) is 4.79 Å². The predicted molar refractivity (Wildman–Crippen MR) is 118 cm³/mol. The van der Waals surface area contributed by atoms with Crippen LogP contribution in [-0.4, -0.2) is 67.1 Å². The van der Waals surface area contributed by atoms with E-state index in [4.69, 9.17) is 0 Å². The van der Waals surface area contributed by atoms with Crippen molar-refractivity contribution in [2.75, 3.05) is 23.3 Å². The zero-order chi connectivity index (χ0) is 21.3. The van der Waals surface area contributed by atoms with E-state index in [1.54, 1.807) is 23.3 Å². The monoisotopic (exact) mass is 514 g/mol. The van der Waals surface area contributed by atoms with E-state index >= 15 is 0 Å². The van der Waals surface area contributed by atoms with Gasteiger partial charge in [0, 0.05) is 13.1 Å². The third kappa shape index (κ3) is 4.45. The van der Waals surface area contributed by atoms with Gasteiger partial charge < -0.3 is 4.90 Å². The zero-order valence-corrected chi connectivity index (χ0v) is 20.6. The molecule has 0 bridgehead atoms. The number of nitrogens with zero attached hydrogens (tertiary/aromatic N) is 7. The maximum atomic E-state index is 12.6. The van der Waals surface area contributed by atoms with Gasteiger partial charge in [-0.1, -0.05) is 0 Å². The molecule has 1 N–H and O–H groups in total. The number of rotatable bonds is 6. The van der Waals surface area contributed by atoms with E-state index in [0.717, 1.165) is 28.3 Å². The van der Waals surface area contributed by atoms with Gasteiger partial charge in [-0.2, -0.15) is 0 Å². The molecule has 10 heteroatoms. The first-order valence-electron chi connectivity index (χ1n) is 10.1. The normalized spacial score (nSPS) is 14.9. The number of anilines is 2. The van der Waals surface area contributed by atoms with Crippen LogP contribution in [0.15, 0.2) is 37.2 Å². The molecule has 1 aliphatic heterocycles. The molecule has 3 aromatic rings. The Morgan fingerprint density at radius 3 is 2.47 bits per heavy atom.